The molecule has 0 heterocycles. The van der Waals surface area contributed by atoms with Crippen molar-refractivity contribution in [3.63, 3.8) is 0 Å². The lowest BCUT2D eigenvalue weighted by molar-refractivity contribution is -0.148. The van der Waals surface area contributed by atoms with E-state index in [1.807, 2.05) is 19.1 Å². The first-order valence-electron chi connectivity index (χ1n) is 5.06. The van der Waals surface area contributed by atoms with Crippen LogP contribution in [-0.4, -0.2) is 11.1 Å². The van der Waals surface area contributed by atoms with Crippen LogP contribution in [0.1, 0.15) is 25.8 Å². The van der Waals surface area contributed by atoms with E-state index in [2.05, 4.69) is 15.9 Å². The largest absolute Gasteiger partial charge is 0.481 e. The predicted molar refractivity (Wildman–Crippen MR) is 68.9 cm³/mol. The van der Waals surface area contributed by atoms with E-state index >= 15 is 0 Å². The van der Waals surface area contributed by atoms with Crippen LogP contribution in [0.5, 0.6) is 0 Å². The minimum Gasteiger partial charge on any atom is -0.481 e. The molecular weight excluding hydrogens is 291 g/mol. The molecule has 0 radical (unpaired) electrons. The molecule has 2 nitrogen and oxygen atoms in total. The Balaban J connectivity index is 2.95. The molecule has 0 fully saturated rings. The van der Waals surface area contributed by atoms with Crippen LogP contribution in [0, 0.1) is 5.41 Å². The van der Waals surface area contributed by atoms with Gasteiger partial charge in [0.25, 0.3) is 0 Å². The Bertz CT molecular complexity index is 406. The third-order valence-electron chi connectivity index (χ3n) is 2.87. The smallest absolute Gasteiger partial charge is 0.309 e. The minimum atomic E-state index is -0.763. The second-order valence-corrected chi connectivity index (χ2v) is 5.41. The fourth-order valence-corrected chi connectivity index (χ4v) is 2.00. The molecule has 0 aromatic heterocycles. The third-order valence-corrected chi connectivity index (χ3v) is 4.09. The first-order chi connectivity index (χ1) is 7.39. The number of benzene rings is 1. The Morgan fingerprint density at radius 1 is 1.56 bits per heavy atom. The Morgan fingerprint density at radius 3 is 2.62 bits per heavy atom. The number of hydrogen-bond donors (Lipinski definition) is 1. The molecule has 1 unspecified atom stereocenters. The standard InChI is InChI=1S/C12H14BrClO2/c1-3-12(2,11(15)16)7-8-4-5-10(14)9(13)6-8/h4-6H,3,7H2,1-2H3,(H,15,16). The van der Waals surface area contributed by atoms with Crippen molar-refractivity contribution in [2.75, 3.05) is 0 Å². The van der Waals surface area contributed by atoms with Crippen molar-refractivity contribution >= 4 is 33.5 Å². The summed E-state index contributed by atoms with van der Waals surface area (Å²) in [5.41, 5.74) is 0.260. The molecule has 16 heavy (non-hydrogen) atoms. The first kappa shape index (κ1) is 13.5. The van der Waals surface area contributed by atoms with Crippen LogP contribution >= 0.6 is 27.5 Å². The summed E-state index contributed by atoms with van der Waals surface area (Å²) in [7, 11) is 0. The second-order valence-electron chi connectivity index (χ2n) is 4.14. The predicted octanol–water partition coefficient (Wildman–Crippen LogP) is 4.15. The van der Waals surface area contributed by atoms with Gasteiger partial charge in [0.2, 0.25) is 0 Å². The number of carbonyl (C=O) groups is 1. The molecule has 0 saturated heterocycles. The molecule has 88 valence electrons. The summed E-state index contributed by atoms with van der Waals surface area (Å²) in [6.45, 7) is 3.65. The van der Waals surface area contributed by atoms with E-state index < -0.39 is 11.4 Å². The maximum atomic E-state index is 11.2. The maximum absolute atomic E-state index is 11.2. The van der Waals surface area contributed by atoms with Gasteiger partial charge in [-0.3, -0.25) is 4.79 Å². The van der Waals surface area contributed by atoms with Crippen LogP contribution in [0.4, 0.5) is 0 Å². The first-order valence-corrected chi connectivity index (χ1v) is 6.23. The Morgan fingerprint density at radius 2 is 2.19 bits per heavy atom. The number of rotatable bonds is 4. The van der Waals surface area contributed by atoms with Gasteiger partial charge in [0.05, 0.1) is 10.4 Å². The highest BCUT2D eigenvalue weighted by Gasteiger charge is 2.31. The molecule has 1 atom stereocenters. The fourth-order valence-electron chi connectivity index (χ4n) is 1.45. The molecule has 0 aliphatic heterocycles. The summed E-state index contributed by atoms with van der Waals surface area (Å²) >= 11 is 9.22. The molecule has 0 bridgehead atoms. The van der Waals surface area contributed by atoms with Crippen LogP contribution in [0.15, 0.2) is 22.7 Å². The number of aliphatic carboxylic acids is 1. The van der Waals surface area contributed by atoms with E-state index in [1.54, 1.807) is 13.0 Å². The van der Waals surface area contributed by atoms with Gasteiger partial charge in [-0.15, -0.1) is 0 Å². The van der Waals surface area contributed by atoms with Crippen LogP contribution in [0.3, 0.4) is 0 Å². The highest BCUT2D eigenvalue weighted by molar-refractivity contribution is 9.10. The molecule has 0 saturated carbocycles. The van der Waals surface area contributed by atoms with Gasteiger partial charge in [-0.1, -0.05) is 24.6 Å². The van der Waals surface area contributed by atoms with Crippen LogP contribution in [0.25, 0.3) is 0 Å². The molecule has 0 amide bonds. The van der Waals surface area contributed by atoms with Crippen molar-refractivity contribution < 1.29 is 9.90 Å². The number of halogens is 2. The van der Waals surface area contributed by atoms with E-state index in [0.29, 0.717) is 17.9 Å². The topological polar surface area (TPSA) is 37.3 Å². The third kappa shape index (κ3) is 2.98. The van der Waals surface area contributed by atoms with Gasteiger partial charge in [0.1, 0.15) is 0 Å². The Labute approximate surface area is 109 Å². The lowest BCUT2D eigenvalue weighted by Gasteiger charge is -2.23. The SMILES string of the molecule is CCC(C)(Cc1ccc(Cl)c(Br)c1)C(=O)O. The monoisotopic (exact) mass is 304 g/mol. The summed E-state index contributed by atoms with van der Waals surface area (Å²) in [5.74, 6) is -0.763. The average Bonchev–Trinajstić information content (AvgIpc) is 2.23. The van der Waals surface area contributed by atoms with Gasteiger partial charge in [-0.05, 0) is 53.4 Å². The van der Waals surface area contributed by atoms with Crippen LogP contribution in [0.2, 0.25) is 5.02 Å². The van der Waals surface area contributed by atoms with Crippen molar-refractivity contribution in [3.8, 4) is 0 Å². The summed E-state index contributed by atoms with van der Waals surface area (Å²) in [6, 6.07) is 5.52. The number of carboxylic acid groups (broad SMARTS) is 1. The summed E-state index contributed by atoms with van der Waals surface area (Å²) in [6.07, 6.45) is 1.11. The van der Waals surface area contributed by atoms with Crippen LogP contribution < -0.4 is 0 Å². The van der Waals surface area contributed by atoms with Crippen molar-refractivity contribution in [1.29, 1.82) is 0 Å². The van der Waals surface area contributed by atoms with Gasteiger partial charge in [-0.2, -0.15) is 0 Å². The van der Waals surface area contributed by atoms with Gasteiger partial charge in [-0.25, -0.2) is 0 Å². The minimum absolute atomic E-state index is 0.509. The molecule has 0 aliphatic rings. The number of hydrogen-bond acceptors (Lipinski definition) is 1. The molecule has 1 aromatic rings. The quantitative estimate of drug-likeness (QED) is 0.907. The van der Waals surface area contributed by atoms with Crippen LogP contribution in [-0.2, 0) is 11.2 Å². The summed E-state index contributed by atoms with van der Waals surface area (Å²) in [4.78, 5) is 11.2. The van der Waals surface area contributed by atoms with Crippen molar-refractivity contribution in [2.24, 2.45) is 5.41 Å². The maximum Gasteiger partial charge on any atom is 0.309 e. The van der Waals surface area contributed by atoms with Crippen molar-refractivity contribution in [3.05, 3.63) is 33.3 Å². The van der Waals surface area contributed by atoms with Gasteiger partial charge in [0.15, 0.2) is 0 Å². The van der Waals surface area contributed by atoms with E-state index in [1.165, 1.54) is 0 Å². The molecule has 0 aliphatic carbocycles. The molecule has 1 aromatic carbocycles. The van der Waals surface area contributed by atoms with Crippen molar-refractivity contribution in [1.82, 2.24) is 0 Å². The molecule has 1 N–H and O–H groups in total. The molecule has 1 rings (SSSR count). The Hall–Kier alpha value is -0.540. The van der Waals surface area contributed by atoms with E-state index in [4.69, 9.17) is 11.6 Å². The highest BCUT2D eigenvalue weighted by Crippen LogP contribution is 2.30. The van der Waals surface area contributed by atoms with Crippen molar-refractivity contribution in [2.45, 2.75) is 26.7 Å². The zero-order chi connectivity index (χ0) is 12.3. The van der Waals surface area contributed by atoms with E-state index in [0.717, 1.165) is 10.0 Å². The fraction of sp³-hybridized carbons (Fsp3) is 0.417. The normalized spacial score (nSPS) is 14.5. The van der Waals surface area contributed by atoms with Gasteiger partial charge in [0, 0.05) is 4.47 Å². The van der Waals surface area contributed by atoms with Gasteiger partial charge >= 0.3 is 5.97 Å². The van der Waals surface area contributed by atoms with Gasteiger partial charge < -0.3 is 5.11 Å². The molecule has 4 heteroatoms. The second kappa shape index (κ2) is 5.19. The lowest BCUT2D eigenvalue weighted by Crippen LogP contribution is -2.29. The average molecular weight is 306 g/mol. The zero-order valence-corrected chi connectivity index (χ0v) is 11.6. The molecular formula is C12H14BrClO2. The molecule has 0 spiro atoms. The zero-order valence-electron chi connectivity index (χ0n) is 9.26. The number of carboxylic acids is 1. The summed E-state index contributed by atoms with van der Waals surface area (Å²) in [5, 5.41) is 9.82. The summed E-state index contributed by atoms with van der Waals surface area (Å²) < 4.78 is 0.801. The lowest BCUT2D eigenvalue weighted by atomic mass is 9.81. The highest BCUT2D eigenvalue weighted by atomic mass is 79.9. The van der Waals surface area contributed by atoms with E-state index in [9.17, 15) is 9.90 Å². The van der Waals surface area contributed by atoms with E-state index in [-0.39, 0.29) is 0 Å². The Kier molecular flexibility index (Phi) is 4.39.